The lowest BCUT2D eigenvalue weighted by Gasteiger charge is -2.38. The van der Waals surface area contributed by atoms with Gasteiger partial charge in [0.25, 0.3) is 0 Å². The Labute approximate surface area is 144 Å². The molecule has 1 amide bonds. The Balaban J connectivity index is 1.53. The number of methoxy groups -OCH3 is 1. The summed E-state index contributed by atoms with van der Waals surface area (Å²) in [7, 11) is 1.68. The van der Waals surface area contributed by atoms with Crippen molar-refractivity contribution in [2.75, 3.05) is 32.1 Å². The van der Waals surface area contributed by atoms with Gasteiger partial charge in [-0.2, -0.15) is 0 Å². The van der Waals surface area contributed by atoms with E-state index in [9.17, 15) is 4.79 Å². The first kappa shape index (κ1) is 17.1. The Hall–Kier alpha value is -1.75. The summed E-state index contributed by atoms with van der Waals surface area (Å²) < 4.78 is 11.5. The molecular formula is C19H28N2O3. The van der Waals surface area contributed by atoms with Gasteiger partial charge in [0.05, 0.1) is 25.4 Å². The largest absolute Gasteiger partial charge is 0.497 e. The van der Waals surface area contributed by atoms with Crippen LogP contribution in [0.2, 0.25) is 0 Å². The maximum absolute atomic E-state index is 12.0. The van der Waals surface area contributed by atoms with Crippen LogP contribution >= 0.6 is 0 Å². The summed E-state index contributed by atoms with van der Waals surface area (Å²) in [4.78, 5) is 14.0. The average molecular weight is 332 g/mol. The van der Waals surface area contributed by atoms with Gasteiger partial charge in [-0.25, -0.2) is 0 Å². The van der Waals surface area contributed by atoms with Crippen LogP contribution in [0, 0.1) is 0 Å². The number of nitrogens with zero attached hydrogens (tertiary/aromatic N) is 1. The number of carbonyl (C=O) groups excluding carboxylic acids is 1. The Morgan fingerprint density at radius 2 is 2.21 bits per heavy atom. The maximum atomic E-state index is 12.0. The molecule has 0 saturated carbocycles. The van der Waals surface area contributed by atoms with Gasteiger partial charge < -0.3 is 19.7 Å². The summed E-state index contributed by atoms with van der Waals surface area (Å²) >= 11 is 0. The average Bonchev–Trinajstić information content (AvgIpc) is 2.98. The van der Waals surface area contributed by atoms with Crippen LogP contribution in [0.5, 0.6) is 5.75 Å². The third-order valence-electron chi connectivity index (χ3n) is 5.14. The molecule has 1 N–H and O–H groups in total. The molecule has 5 nitrogen and oxygen atoms in total. The Bertz CT molecular complexity index is 567. The zero-order chi connectivity index (χ0) is 17.0. The molecular weight excluding hydrogens is 304 g/mol. The van der Waals surface area contributed by atoms with Crippen molar-refractivity contribution in [1.82, 2.24) is 4.90 Å². The van der Waals surface area contributed by atoms with E-state index >= 15 is 0 Å². The van der Waals surface area contributed by atoms with Gasteiger partial charge >= 0.3 is 0 Å². The molecule has 0 aliphatic carbocycles. The van der Waals surface area contributed by atoms with Crippen molar-refractivity contribution in [1.29, 1.82) is 0 Å². The molecule has 2 saturated heterocycles. The van der Waals surface area contributed by atoms with Crippen molar-refractivity contribution in [3.63, 3.8) is 0 Å². The van der Waals surface area contributed by atoms with Crippen molar-refractivity contribution in [2.45, 2.75) is 50.7 Å². The molecule has 1 unspecified atom stereocenters. The third-order valence-corrected chi connectivity index (χ3v) is 5.14. The van der Waals surface area contributed by atoms with Crippen LogP contribution in [0.4, 0.5) is 5.69 Å². The first-order valence-electron chi connectivity index (χ1n) is 8.96. The predicted molar refractivity (Wildman–Crippen MR) is 94.4 cm³/mol. The Morgan fingerprint density at radius 1 is 1.42 bits per heavy atom. The van der Waals surface area contributed by atoms with Crippen LogP contribution in [0.3, 0.4) is 0 Å². The molecule has 1 aromatic rings. The fourth-order valence-corrected chi connectivity index (χ4v) is 3.77. The highest BCUT2D eigenvalue weighted by Gasteiger charge is 2.43. The van der Waals surface area contributed by atoms with E-state index < -0.39 is 0 Å². The molecule has 0 radical (unpaired) electrons. The maximum Gasteiger partial charge on any atom is 0.222 e. The van der Waals surface area contributed by atoms with Gasteiger partial charge in [-0.05, 0) is 37.8 Å². The zero-order valence-corrected chi connectivity index (χ0v) is 14.7. The molecule has 3 rings (SSSR count). The lowest BCUT2D eigenvalue weighted by atomic mass is 9.87. The normalized spacial score (nSPS) is 22.6. The minimum Gasteiger partial charge on any atom is -0.497 e. The lowest BCUT2D eigenvalue weighted by molar-refractivity contribution is -0.136. The van der Waals surface area contributed by atoms with E-state index in [0.717, 1.165) is 56.8 Å². The number of ether oxygens (including phenoxy) is 2. The van der Waals surface area contributed by atoms with Gasteiger partial charge in [0.1, 0.15) is 5.75 Å². The Morgan fingerprint density at radius 3 is 2.92 bits per heavy atom. The first-order chi connectivity index (χ1) is 11.6. The number of hydrogen-bond acceptors (Lipinski definition) is 4. The highest BCUT2D eigenvalue weighted by atomic mass is 16.5. The molecule has 0 bridgehead atoms. The summed E-state index contributed by atoms with van der Waals surface area (Å²) in [5.41, 5.74) is 1.01. The quantitative estimate of drug-likeness (QED) is 0.900. The molecule has 24 heavy (non-hydrogen) atoms. The fraction of sp³-hybridized carbons (Fsp3) is 0.632. The number of rotatable bonds is 5. The van der Waals surface area contributed by atoms with Gasteiger partial charge in [0, 0.05) is 31.3 Å². The molecule has 2 aliphatic heterocycles. The smallest absolute Gasteiger partial charge is 0.222 e. The summed E-state index contributed by atoms with van der Waals surface area (Å²) in [6.45, 7) is 4.42. The van der Waals surface area contributed by atoms with Crippen molar-refractivity contribution in [3.05, 3.63) is 24.3 Å². The molecule has 5 heteroatoms. The molecule has 2 aliphatic rings. The van der Waals surface area contributed by atoms with E-state index in [2.05, 4.69) is 18.3 Å². The van der Waals surface area contributed by atoms with E-state index in [1.54, 1.807) is 7.11 Å². The number of hydrogen-bond donors (Lipinski definition) is 1. The summed E-state index contributed by atoms with van der Waals surface area (Å²) in [6, 6.07) is 8.32. The number of amides is 1. The summed E-state index contributed by atoms with van der Waals surface area (Å²) in [5.74, 6) is 1.15. The molecule has 1 spiro atoms. The third kappa shape index (κ3) is 3.83. The van der Waals surface area contributed by atoms with E-state index in [-0.39, 0.29) is 11.5 Å². The van der Waals surface area contributed by atoms with Gasteiger partial charge in [0.2, 0.25) is 5.91 Å². The van der Waals surface area contributed by atoms with Crippen LogP contribution in [0.1, 0.15) is 39.0 Å². The van der Waals surface area contributed by atoms with Crippen LogP contribution < -0.4 is 10.1 Å². The second kappa shape index (κ2) is 7.43. The van der Waals surface area contributed by atoms with Crippen LogP contribution in [0.25, 0.3) is 0 Å². The van der Waals surface area contributed by atoms with E-state index in [4.69, 9.17) is 9.47 Å². The fourth-order valence-electron chi connectivity index (χ4n) is 3.77. The molecule has 1 aromatic carbocycles. The zero-order valence-electron chi connectivity index (χ0n) is 14.7. The van der Waals surface area contributed by atoms with E-state index in [1.807, 2.05) is 23.1 Å². The standard InChI is InChI=1S/C19H28N2O3/c1-3-5-18(22)21-10-8-19(9-11-21)13-16(14-24-19)20-15-6-4-7-17(12-15)23-2/h4,6-7,12,16,20H,3,5,8-11,13-14H2,1-2H3. The second-order valence-corrected chi connectivity index (χ2v) is 6.90. The summed E-state index contributed by atoms with van der Waals surface area (Å²) in [6.07, 6.45) is 4.47. The monoisotopic (exact) mass is 332 g/mol. The second-order valence-electron chi connectivity index (χ2n) is 6.90. The minimum atomic E-state index is -0.0560. The lowest BCUT2D eigenvalue weighted by Crippen LogP contribution is -2.46. The highest BCUT2D eigenvalue weighted by Crippen LogP contribution is 2.37. The van der Waals surface area contributed by atoms with Crippen LogP contribution in [0.15, 0.2) is 24.3 Å². The van der Waals surface area contributed by atoms with Crippen molar-refractivity contribution >= 4 is 11.6 Å². The SMILES string of the molecule is CCCC(=O)N1CCC2(CC1)CC(Nc1cccc(OC)c1)CO2. The topological polar surface area (TPSA) is 50.8 Å². The number of carbonyl (C=O) groups is 1. The van der Waals surface area contributed by atoms with Gasteiger partial charge in [-0.1, -0.05) is 13.0 Å². The molecule has 2 fully saturated rings. The first-order valence-corrected chi connectivity index (χ1v) is 8.96. The van der Waals surface area contributed by atoms with Gasteiger partial charge in [0.15, 0.2) is 0 Å². The van der Waals surface area contributed by atoms with E-state index in [0.29, 0.717) is 12.5 Å². The molecule has 132 valence electrons. The minimum absolute atomic E-state index is 0.0560. The van der Waals surface area contributed by atoms with E-state index in [1.165, 1.54) is 0 Å². The number of likely N-dealkylation sites (tertiary alicyclic amines) is 1. The van der Waals surface area contributed by atoms with Crippen molar-refractivity contribution in [3.8, 4) is 5.75 Å². The summed E-state index contributed by atoms with van der Waals surface area (Å²) in [5, 5.41) is 3.56. The number of anilines is 1. The van der Waals surface area contributed by atoms with Crippen LogP contribution in [-0.2, 0) is 9.53 Å². The molecule has 0 aromatic heterocycles. The van der Waals surface area contributed by atoms with Crippen molar-refractivity contribution in [2.24, 2.45) is 0 Å². The molecule has 1 atom stereocenters. The van der Waals surface area contributed by atoms with Gasteiger partial charge in [-0.15, -0.1) is 0 Å². The Kier molecular flexibility index (Phi) is 5.29. The number of piperidine rings is 1. The number of nitrogens with one attached hydrogen (secondary N) is 1. The van der Waals surface area contributed by atoms with Crippen molar-refractivity contribution < 1.29 is 14.3 Å². The van der Waals surface area contributed by atoms with Gasteiger partial charge in [-0.3, -0.25) is 4.79 Å². The molecule has 2 heterocycles. The van der Waals surface area contributed by atoms with Crippen LogP contribution in [-0.4, -0.2) is 49.3 Å². The highest BCUT2D eigenvalue weighted by molar-refractivity contribution is 5.76. The predicted octanol–water partition coefficient (Wildman–Crippen LogP) is 3.06. The number of benzene rings is 1.